The number of fused-ring (bicyclic) bond motifs is 1. The van der Waals surface area contributed by atoms with Crippen molar-refractivity contribution >= 4 is 17.2 Å². The molecule has 0 saturated carbocycles. The van der Waals surface area contributed by atoms with Gasteiger partial charge in [0.1, 0.15) is 5.60 Å². The smallest absolute Gasteiger partial charge is 0.427 e. The number of carbonyl (C=O) groups excluding carboxylic acids is 1. The largest absolute Gasteiger partial charge is 0.528 e. The van der Waals surface area contributed by atoms with Gasteiger partial charge in [0.15, 0.2) is 0 Å². The molecule has 2 aromatic heterocycles. The van der Waals surface area contributed by atoms with Gasteiger partial charge >= 0.3 is 6.16 Å². The summed E-state index contributed by atoms with van der Waals surface area (Å²) in [5, 5.41) is 6.34. The van der Waals surface area contributed by atoms with Crippen LogP contribution in [-0.2, 0) is 20.9 Å². The van der Waals surface area contributed by atoms with Crippen LogP contribution in [0.4, 0.5) is 4.79 Å². The van der Waals surface area contributed by atoms with Crippen molar-refractivity contribution in [3.05, 3.63) is 66.1 Å². The first-order valence-corrected chi connectivity index (χ1v) is 15.1. The number of rotatable bonds is 6. The van der Waals surface area contributed by atoms with Crippen LogP contribution in [0.15, 0.2) is 55.0 Å². The van der Waals surface area contributed by atoms with E-state index in [4.69, 9.17) is 24.3 Å². The maximum Gasteiger partial charge on any atom is 0.528 e. The average Bonchev–Trinajstić information content (AvgIpc) is 3.47. The van der Waals surface area contributed by atoms with E-state index in [1.807, 2.05) is 56.2 Å². The summed E-state index contributed by atoms with van der Waals surface area (Å²) in [5.41, 5.74) is 7.65. The van der Waals surface area contributed by atoms with E-state index in [-0.39, 0.29) is 6.04 Å². The number of carbonyl (C=O) groups is 1. The van der Waals surface area contributed by atoms with Crippen LogP contribution in [0.2, 0.25) is 0 Å². The molecule has 43 heavy (non-hydrogen) atoms. The van der Waals surface area contributed by atoms with Gasteiger partial charge in [-0.2, -0.15) is 5.10 Å². The molecule has 0 unspecified atom stereocenters. The lowest BCUT2D eigenvalue weighted by Gasteiger charge is -2.31. The van der Waals surface area contributed by atoms with E-state index in [0.717, 1.165) is 73.5 Å². The molecule has 2 aliphatic heterocycles. The SMILES string of the molecule is Cc1cc(CN2CCOCC2)ccc1-c1cccc2ncc(-c3cnn(C4CCN(OC(=O)OC(C)(C)C)CC4)c3)nc12. The fraction of sp³-hybridized carbons (Fsp3) is 0.455. The first-order valence-electron chi connectivity index (χ1n) is 15.1. The van der Waals surface area contributed by atoms with Gasteiger partial charge in [-0.15, -0.1) is 5.06 Å². The number of para-hydroxylation sites is 1. The molecule has 2 fully saturated rings. The maximum absolute atomic E-state index is 12.0. The van der Waals surface area contributed by atoms with Gasteiger partial charge in [-0.1, -0.05) is 30.3 Å². The van der Waals surface area contributed by atoms with Gasteiger partial charge in [-0.25, -0.2) is 9.78 Å². The highest BCUT2D eigenvalue weighted by Crippen LogP contribution is 2.32. The van der Waals surface area contributed by atoms with Crippen LogP contribution in [0.1, 0.15) is 50.8 Å². The molecule has 2 aliphatic rings. The van der Waals surface area contributed by atoms with Crippen molar-refractivity contribution in [1.29, 1.82) is 0 Å². The Morgan fingerprint density at radius 3 is 2.56 bits per heavy atom. The first kappa shape index (κ1) is 29.2. The zero-order valence-corrected chi connectivity index (χ0v) is 25.5. The minimum Gasteiger partial charge on any atom is -0.427 e. The fourth-order valence-electron chi connectivity index (χ4n) is 5.78. The zero-order chi connectivity index (χ0) is 30.0. The van der Waals surface area contributed by atoms with Crippen molar-refractivity contribution < 1.29 is 19.1 Å². The van der Waals surface area contributed by atoms with E-state index >= 15 is 0 Å². The van der Waals surface area contributed by atoms with E-state index in [1.54, 1.807) is 5.06 Å². The van der Waals surface area contributed by atoms with Crippen molar-refractivity contribution in [1.82, 2.24) is 29.7 Å². The van der Waals surface area contributed by atoms with Crippen molar-refractivity contribution in [2.75, 3.05) is 39.4 Å². The summed E-state index contributed by atoms with van der Waals surface area (Å²) < 4.78 is 12.8. The lowest BCUT2D eigenvalue weighted by molar-refractivity contribution is -0.154. The molecule has 4 heterocycles. The second-order valence-electron chi connectivity index (χ2n) is 12.4. The molecule has 0 spiro atoms. The fourth-order valence-corrected chi connectivity index (χ4v) is 5.78. The molecule has 2 saturated heterocycles. The molecule has 4 aromatic rings. The highest BCUT2D eigenvalue weighted by Gasteiger charge is 2.26. The minimum atomic E-state index is -0.666. The Morgan fingerprint density at radius 2 is 1.81 bits per heavy atom. The molecule has 0 N–H and O–H groups in total. The van der Waals surface area contributed by atoms with E-state index in [9.17, 15) is 4.79 Å². The number of aromatic nitrogens is 4. The number of ether oxygens (including phenoxy) is 2. The molecule has 10 nitrogen and oxygen atoms in total. The van der Waals surface area contributed by atoms with E-state index in [1.165, 1.54) is 16.7 Å². The van der Waals surface area contributed by atoms with Crippen LogP contribution < -0.4 is 0 Å². The molecule has 0 radical (unpaired) electrons. The quantitative estimate of drug-likeness (QED) is 0.260. The Bertz CT molecular complexity index is 1580. The summed E-state index contributed by atoms with van der Waals surface area (Å²) in [6, 6.07) is 13.1. The van der Waals surface area contributed by atoms with Gasteiger partial charge in [0.2, 0.25) is 0 Å². The monoisotopic (exact) mass is 584 g/mol. The Hall–Kier alpha value is -3.86. The number of hydrogen-bond acceptors (Lipinski definition) is 9. The molecule has 10 heteroatoms. The number of nitrogens with zero attached hydrogens (tertiary/aromatic N) is 6. The maximum atomic E-state index is 12.0. The number of benzene rings is 2. The van der Waals surface area contributed by atoms with Crippen molar-refractivity contribution in [2.45, 2.75) is 58.7 Å². The Balaban J connectivity index is 1.16. The molecular weight excluding hydrogens is 544 g/mol. The van der Waals surface area contributed by atoms with Gasteiger partial charge in [-0.3, -0.25) is 14.6 Å². The third kappa shape index (κ3) is 7.04. The highest BCUT2D eigenvalue weighted by molar-refractivity contribution is 5.93. The minimum absolute atomic E-state index is 0.204. The van der Waals surface area contributed by atoms with Crippen molar-refractivity contribution in [3.63, 3.8) is 0 Å². The van der Waals surface area contributed by atoms with Crippen LogP contribution in [0.3, 0.4) is 0 Å². The summed E-state index contributed by atoms with van der Waals surface area (Å²) in [5.74, 6) is 0. The lowest BCUT2D eigenvalue weighted by Crippen LogP contribution is -2.38. The van der Waals surface area contributed by atoms with Gasteiger partial charge in [0.05, 0.1) is 48.4 Å². The molecule has 6 rings (SSSR count). The Morgan fingerprint density at radius 1 is 1.02 bits per heavy atom. The van der Waals surface area contributed by atoms with Crippen molar-refractivity contribution in [3.8, 4) is 22.4 Å². The lowest BCUT2D eigenvalue weighted by atomic mass is 9.97. The third-order valence-corrected chi connectivity index (χ3v) is 7.95. The normalized spacial score (nSPS) is 17.3. The number of morpholine rings is 1. The molecule has 0 amide bonds. The molecule has 226 valence electrons. The highest BCUT2D eigenvalue weighted by atomic mass is 16.8. The predicted octanol–water partition coefficient (Wildman–Crippen LogP) is 5.80. The second-order valence-corrected chi connectivity index (χ2v) is 12.4. The van der Waals surface area contributed by atoms with E-state index in [0.29, 0.717) is 13.1 Å². The molecule has 0 aliphatic carbocycles. The molecular formula is C33H40N6O4. The van der Waals surface area contributed by atoms with Crippen LogP contribution >= 0.6 is 0 Å². The van der Waals surface area contributed by atoms with E-state index in [2.05, 4.69) is 41.2 Å². The third-order valence-electron chi connectivity index (χ3n) is 7.95. The van der Waals surface area contributed by atoms with Crippen LogP contribution in [-0.4, -0.2) is 80.9 Å². The van der Waals surface area contributed by atoms with Crippen LogP contribution in [0.25, 0.3) is 33.4 Å². The summed E-state index contributed by atoms with van der Waals surface area (Å²) in [6.07, 6.45) is 6.66. The second kappa shape index (κ2) is 12.4. The summed E-state index contributed by atoms with van der Waals surface area (Å²) in [7, 11) is 0. The number of hydrogen-bond donors (Lipinski definition) is 0. The molecule has 2 aromatic carbocycles. The molecule has 0 bridgehead atoms. The summed E-state index contributed by atoms with van der Waals surface area (Å²) in [4.78, 5) is 29.7. The standard InChI is InChI=1S/C33H40N6O4/c1-23-18-24(21-37-14-16-41-17-15-37)8-9-27(23)28-6-5-7-29-31(28)36-30(20-34-29)25-19-35-39(22-25)26-10-12-38(13-11-26)43-32(40)42-33(2,3)4/h5-9,18-20,22,26H,10-17,21H2,1-4H3. The van der Waals surface area contributed by atoms with Crippen LogP contribution in [0, 0.1) is 6.92 Å². The number of aryl methyl sites for hydroxylation is 1. The van der Waals surface area contributed by atoms with Gasteiger partial charge in [0.25, 0.3) is 0 Å². The number of piperidine rings is 1. The van der Waals surface area contributed by atoms with Crippen molar-refractivity contribution in [2.24, 2.45) is 0 Å². The van der Waals surface area contributed by atoms with Gasteiger partial charge in [0, 0.05) is 50.0 Å². The average molecular weight is 585 g/mol. The van der Waals surface area contributed by atoms with E-state index < -0.39 is 11.8 Å². The predicted molar refractivity (Wildman–Crippen MR) is 164 cm³/mol. The first-order chi connectivity index (χ1) is 20.7. The van der Waals surface area contributed by atoms with Crippen LogP contribution in [0.5, 0.6) is 0 Å². The Labute approximate surface area is 252 Å². The number of hydroxylamine groups is 2. The Kier molecular flexibility index (Phi) is 8.43. The zero-order valence-electron chi connectivity index (χ0n) is 25.5. The summed E-state index contributed by atoms with van der Waals surface area (Å²) >= 11 is 0. The van der Waals surface area contributed by atoms with Gasteiger partial charge < -0.3 is 14.3 Å². The van der Waals surface area contributed by atoms with Gasteiger partial charge in [-0.05, 0) is 63.3 Å². The molecule has 0 atom stereocenters. The summed E-state index contributed by atoms with van der Waals surface area (Å²) in [6.45, 7) is 13.3. The topological polar surface area (TPSA) is 94.8 Å².